The van der Waals surface area contributed by atoms with Crippen molar-refractivity contribution in [1.29, 1.82) is 0 Å². The number of amides is 1. The molecule has 1 aliphatic heterocycles. The fraction of sp³-hybridized carbons (Fsp3) is 0.222. The van der Waals surface area contributed by atoms with E-state index in [1.54, 1.807) is 36.4 Å². The molecule has 136 valence electrons. The summed E-state index contributed by atoms with van der Waals surface area (Å²) in [5, 5.41) is 4.93. The van der Waals surface area contributed by atoms with E-state index in [0.717, 1.165) is 6.42 Å². The van der Waals surface area contributed by atoms with Crippen LogP contribution in [0.15, 0.2) is 41.5 Å². The lowest BCUT2D eigenvalue weighted by atomic mass is 10.2. The van der Waals surface area contributed by atoms with Crippen LogP contribution in [0.4, 0.5) is 0 Å². The summed E-state index contributed by atoms with van der Waals surface area (Å²) in [7, 11) is 0. The molecule has 6 nitrogen and oxygen atoms in total. The predicted octanol–water partition coefficient (Wildman–Crippen LogP) is 3.68. The summed E-state index contributed by atoms with van der Waals surface area (Å²) in [4.78, 5) is 11.8. The third-order valence-electron chi connectivity index (χ3n) is 3.41. The number of carbonyl (C=O) groups excluding carboxylic acids is 1. The highest BCUT2D eigenvalue weighted by Gasteiger charge is 2.15. The molecule has 8 heteroatoms. The van der Waals surface area contributed by atoms with Crippen LogP contribution in [0.2, 0.25) is 10.0 Å². The van der Waals surface area contributed by atoms with Crippen molar-refractivity contribution in [1.82, 2.24) is 5.43 Å². The van der Waals surface area contributed by atoms with Crippen LogP contribution in [0, 0.1) is 0 Å². The van der Waals surface area contributed by atoms with Gasteiger partial charge in [0.15, 0.2) is 18.1 Å². The molecule has 2 aromatic rings. The molecule has 1 amide bonds. The Kier molecular flexibility index (Phi) is 6.20. The minimum Gasteiger partial charge on any atom is -0.489 e. The second kappa shape index (κ2) is 8.78. The van der Waals surface area contributed by atoms with Crippen LogP contribution in [-0.4, -0.2) is 31.9 Å². The number of nitrogens with zero attached hydrogens (tertiary/aromatic N) is 1. The Morgan fingerprint density at radius 2 is 1.96 bits per heavy atom. The first-order valence-corrected chi connectivity index (χ1v) is 8.67. The molecule has 0 fully saturated rings. The SMILES string of the molecule is O=C(COc1ccc(Cl)cc1)N/N=C\c1cc(Cl)c2c(c1)OCCCO2. The van der Waals surface area contributed by atoms with E-state index in [1.165, 1.54) is 6.21 Å². The molecule has 0 bridgehead atoms. The van der Waals surface area contributed by atoms with Crippen molar-refractivity contribution < 1.29 is 19.0 Å². The highest BCUT2D eigenvalue weighted by atomic mass is 35.5. The molecule has 0 aromatic heterocycles. The summed E-state index contributed by atoms with van der Waals surface area (Å²) in [6.45, 7) is 0.952. The first-order valence-electron chi connectivity index (χ1n) is 7.91. The zero-order chi connectivity index (χ0) is 18.4. The van der Waals surface area contributed by atoms with Gasteiger partial charge in [-0.25, -0.2) is 5.43 Å². The first kappa shape index (κ1) is 18.4. The van der Waals surface area contributed by atoms with Gasteiger partial charge in [0.1, 0.15) is 5.75 Å². The number of hydrogen-bond donors (Lipinski definition) is 1. The number of nitrogens with one attached hydrogen (secondary N) is 1. The second-order valence-corrected chi connectivity index (χ2v) is 6.26. The maximum absolute atomic E-state index is 11.8. The number of hydrogen-bond acceptors (Lipinski definition) is 5. The minimum atomic E-state index is -0.392. The van der Waals surface area contributed by atoms with E-state index in [9.17, 15) is 4.79 Å². The average molecular weight is 395 g/mol. The summed E-state index contributed by atoms with van der Waals surface area (Å²) in [5.74, 6) is 1.25. The third-order valence-corrected chi connectivity index (χ3v) is 3.94. The van der Waals surface area contributed by atoms with Gasteiger partial charge >= 0.3 is 0 Å². The van der Waals surface area contributed by atoms with E-state index in [4.69, 9.17) is 37.4 Å². The van der Waals surface area contributed by atoms with Gasteiger partial charge < -0.3 is 14.2 Å². The Hall–Kier alpha value is -2.44. The van der Waals surface area contributed by atoms with Gasteiger partial charge in [0.05, 0.1) is 24.5 Å². The molecule has 0 aliphatic carbocycles. The lowest BCUT2D eigenvalue weighted by molar-refractivity contribution is -0.123. The van der Waals surface area contributed by atoms with Gasteiger partial charge in [0.25, 0.3) is 5.91 Å². The summed E-state index contributed by atoms with van der Waals surface area (Å²) in [5.41, 5.74) is 3.07. The maximum atomic E-state index is 11.8. The molecule has 3 rings (SSSR count). The molecular formula is C18H16Cl2N2O4. The number of benzene rings is 2. The highest BCUT2D eigenvalue weighted by molar-refractivity contribution is 6.32. The van der Waals surface area contributed by atoms with Crippen molar-refractivity contribution in [2.24, 2.45) is 5.10 Å². The summed E-state index contributed by atoms with van der Waals surface area (Å²) in [6, 6.07) is 10.2. The molecular weight excluding hydrogens is 379 g/mol. The molecule has 1 aliphatic rings. The van der Waals surface area contributed by atoms with Crippen molar-refractivity contribution in [3.8, 4) is 17.2 Å². The minimum absolute atomic E-state index is 0.166. The molecule has 0 atom stereocenters. The Morgan fingerprint density at radius 3 is 2.77 bits per heavy atom. The van der Waals surface area contributed by atoms with Gasteiger partial charge in [-0.15, -0.1) is 0 Å². The number of carbonyl (C=O) groups is 1. The average Bonchev–Trinajstić information content (AvgIpc) is 2.87. The Morgan fingerprint density at radius 1 is 1.19 bits per heavy atom. The first-order chi connectivity index (χ1) is 12.6. The van der Waals surface area contributed by atoms with Gasteiger partial charge in [0, 0.05) is 11.4 Å². The van der Waals surface area contributed by atoms with E-state index >= 15 is 0 Å². The monoisotopic (exact) mass is 394 g/mol. The summed E-state index contributed by atoms with van der Waals surface area (Å²) < 4.78 is 16.5. The number of hydrazone groups is 1. The Bertz CT molecular complexity index is 810. The number of fused-ring (bicyclic) bond motifs is 1. The topological polar surface area (TPSA) is 69.2 Å². The molecule has 0 saturated carbocycles. The van der Waals surface area contributed by atoms with Crippen LogP contribution in [0.25, 0.3) is 0 Å². The van der Waals surface area contributed by atoms with Gasteiger partial charge in [-0.3, -0.25) is 4.79 Å². The van der Waals surface area contributed by atoms with Crippen molar-refractivity contribution in [2.75, 3.05) is 19.8 Å². The standard InChI is InChI=1S/C18H16Cl2N2O4/c19-13-2-4-14(5-3-13)26-11-17(23)22-21-10-12-8-15(20)18-16(9-12)24-6-1-7-25-18/h2-5,8-10H,1,6-7,11H2,(H,22,23)/b21-10-. The quantitative estimate of drug-likeness (QED) is 0.620. The third kappa shape index (κ3) is 5.03. The van der Waals surface area contributed by atoms with E-state index in [2.05, 4.69) is 10.5 Å². The van der Waals surface area contributed by atoms with Gasteiger partial charge in [-0.05, 0) is 42.0 Å². The zero-order valence-corrected chi connectivity index (χ0v) is 15.2. The largest absolute Gasteiger partial charge is 0.489 e. The Labute approximate surface area is 160 Å². The number of rotatable bonds is 5. The molecule has 1 N–H and O–H groups in total. The fourth-order valence-corrected chi connectivity index (χ4v) is 2.62. The van der Waals surface area contributed by atoms with Gasteiger partial charge in [-0.2, -0.15) is 5.10 Å². The second-order valence-electron chi connectivity index (χ2n) is 5.42. The predicted molar refractivity (Wildman–Crippen MR) is 99.7 cm³/mol. The van der Waals surface area contributed by atoms with Crippen LogP contribution in [0.3, 0.4) is 0 Å². The normalized spacial score (nSPS) is 13.3. The number of ether oxygens (including phenoxy) is 3. The highest BCUT2D eigenvalue weighted by Crippen LogP contribution is 2.37. The Balaban J connectivity index is 1.54. The molecule has 0 radical (unpaired) electrons. The van der Waals surface area contributed by atoms with Crippen molar-refractivity contribution in [3.05, 3.63) is 52.0 Å². The van der Waals surface area contributed by atoms with Crippen LogP contribution in [0.1, 0.15) is 12.0 Å². The van der Waals surface area contributed by atoms with Crippen molar-refractivity contribution in [3.63, 3.8) is 0 Å². The van der Waals surface area contributed by atoms with Gasteiger partial charge in [0.2, 0.25) is 0 Å². The van der Waals surface area contributed by atoms with E-state index < -0.39 is 5.91 Å². The van der Waals surface area contributed by atoms with Crippen LogP contribution in [-0.2, 0) is 4.79 Å². The molecule has 26 heavy (non-hydrogen) atoms. The lowest BCUT2D eigenvalue weighted by Crippen LogP contribution is -2.24. The molecule has 0 spiro atoms. The van der Waals surface area contributed by atoms with E-state index in [-0.39, 0.29) is 6.61 Å². The smallest absolute Gasteiger partial charge is 0.277 e. The molecule has 0 saturated heterocycles. The van der Waals surface area contributed by atoms with E-state index in [0.29, 0.717) is 46.1 Å². The van der Waals surface area contributed by atoms with Crippen LogP contribution < -0.4 is 19.6 Å². The zero-order valence-electron chi connectivity index (χ0n) is 13.7. The molecule has 0 unspecified atom stereocenters. The van der Waals surface area contributed by atoms with Crippen LogP contribution >= 0.6 is 23.2 Å². The lowest BCUT2D eigenvalue weighted by Gasteiger charge is -2.09. The molecule has 1 heterocycles. The summed E-state index contributed by atoms with van der Waals surface area (Å²) in [6.07, 6.45) is 2.26. The van der Waals surface area contributed by atoms with Crippen molar-refractivity contribution >= 4 is 35.3 Å². The van der Waals surface area contributed by atoms with Crippen LogP contribution in [0.5, 0.6) is 17.2 Å². The summed E-state index contributed by atoms with van der Waals surface area (Å²) >= 11 is 12.0. The fourth-order valence-electron chi connectivity index (χ4n) is 2.22. The molecule has 2 aromatic carbocycles. The van der Waals surface area contributed by atoms with Gasteiger partial charge in [-0.1, -0.05) is 23.2 Å². The van der Waals surface area contributed by atoms with Crippen molar-refractivity contribution in [2.45, 2.75) is 6.42 Å². The maximum Gasteiger partial charge on any atom is 0.277 e. The number of halogens is 2. The van der Waals surface area contributed by atoms with E-state index in [1.807, 2.05) is 0 Å².